The molecule has 0 unspecified atom stereocenters. The van der Waals surface area contributed by atoms with E-state index >= 15 is 0 Å². The monoisotopic (exact) mass is 413 g/mol. The van der Waals surface area contributed by atoms with Crippen molar-refractivity contribution in [3.8, 4) is 11.1 Å². The van der Waals surface area contributed by atoms with Crippen LogP contribution < -0.4 is 4.90 Å². The second kappa shape index (κ2) is 10.8. The molecule has 0 fully saturated rings. The highest BCUT2D eigenvalue weighted by atomic mass is 15.1. The molecule has 0 aliphatic carbocycles. The fourth-order valence-electron chi connectivity index (χ4n) is 3.72. The Morgan fingerprint density at radius 1 is 0.625 bits per heavy atom. The largest absolute Gasteiger partial charge is 0.338 e. The average Bonchev–Trinajstić information content (AvgIpc) is 2.88. The Hall–Kier alpha value is -4.10. The fraction of sp³-hybridized carbons (Fsp3) is 0.0323. The van der Waals surface area contributed by atoms with Gasteiger partial charge in [-0.15, -0.1) is 0 Å². The van der Waals surface area contributed by atoms with E-state index in [1.807, 2.05) is 24.3 Å². The van der Waals surface area contributed by atoms with Gasteiger partial charge in [0.15, 0.2) is 0 Å². The van der Waals surface area contributed by atoms with Crippen molar-refractivity contribution in [3.63, 3.8) is 0 Å². The number of hydrogen-bond donors (Lipinski definition) is 0. The zero-order valence-electron chi connectivity index (χ0n) is 18.1. The van der Waals surface area contributed by atoms with E-state index in [0.29, 0.717) is 0 Å². The van der Waals surface area contributed by atoms with Gasteiger partial charge in [-0.25, -0.2) is 0 Å². The summed E-state index contributed by atoms with van der Waals surface area (Å²) in [6.07, 6.45) is 8.27. The third-order valence-electron chi connectivity index (χ3n) is 5.34. The van der Waals surface area contributed by atoms with E-state index in [-0.39, 0.29) is 0 Å². The Morgan fingerprint density at radius 2 is 1.16 bits per heavy atom. The summed E-state index contributed by atoms with van der Waals surface area (Å²) in [7, 11) is 0. The highest BCUT2D eigenvalue weighted by Gasteiger charge is 2.08. The summed E-state index contributed by atoms with van der Waals surface area (Å²) in [5.74, 6) is 0. The lowest BCUT2D eigenvalue weighted by Crippen LogP contribution is -2.16. The maximum Gasteiger partial charge on any atom is 0.0415 e. The van der Waals surface area contributed by atoms with Crippen LogP contribution in [0.5, 0.6) is 0 Å². The number of para-hydroxylation sites is 1. The van der Waals surface area contributed by atoms with Gasteiger partial charge in [0, 0.05) is 17.9 Å². The second-order valence-corrected chi connectivity index (χ2v) is 7.49. The van der Waals surface area contributed by atoms with Crippen LogP contribution in [0.3, 0.4) is 0 Å². The molecule has 1 heteroatoms. The van der Waals surface area contributed by atoms with Crippen LogP contribution in [0.15, 0.2) is 146 Å². The fourth-order valence-corrected chi connectivity index (χ4v) is 3.72. The minimum absolute atomic E-state index is 0.760. The van der Waals surface area contributed by atoms with Crippen LogP contribution in [0.4, 0.5) is 11.4 Å². The standard InChI is InChI=1S/C31H27N/c1-2-13-26(27-14-6-3-7-15-27)18-12-25-32(30-19-10-5-11-20-30)31-23-21-29(22-24-31)28-16-8-4-9-17-28/h2-24H,1,25H2/b18-12-,26-13+. The smallest absolute Gasteiger partial charge is 0.0415 e. The summed E-state index contributed by atoms with van der Waals surface area (Å²) in [4.78, 5) is 2.32. The molecule has 4 rings (SSSR count). The number of hydrogen-bond acceptors (Lipinski definition) is 1. The molecule has 0 bridgehead atoms. The molecule has 0 heterocycles. The van der Waals surface area contributed by atoms with E-state index in [1.54, 1.807) is 0 Å². The predicted octanol–water partition coefficient (Wildman–Crippen LogP) is 8.32. The Morgan fingerprint density at radius 3 is 1.78 bits per heavy atom. The third-order valence-corrected chi connectivity index (χ3v) is 5.34. The average molecular weight is 414 g/mol. The lowest BCUT2D eigenvalue weighted by Gasteiger charge is -2.24. The summed E-state index contributed by atoms with van der Waals surface area (Å²) in [5, 5.41) is 0. The number of rotatable bonds is 8. The van der Waals surface area contributed by atoms with E-state index in [4.69, 9.17) is 0 Å². The van der Waals surface area contributed by atoms with Crippen LogP contribution in [-0.4, -0.2) is 6.54 Å². The summed E-state index contributed by atoms with van der Waals surface area (Å²) in [6.45, 7) is 4.64. The molecule has 0 aliphatic heterocycles. The molecule has 1 nitrogen and oxygen atoms in total. The van der Waals surface area contributed by atoms with Crippen molar-refractivity contribution < 1.29 is 0 Å². The first-order valence-electron chi connectivity index (χ1n) is 10.9. The minimum Gasteiger partial charge on any atom is -0.338 e. The maximum absolute atomic E-state index is 3.88. The molecule has 0 spiro atoms. The molecule has 4 aromatic rings. The van der Waals surface area contributed by atoms with Gasteiger partial charge in [-0.1, -0.05) is 122 Å². The van der Waals surface area contributed by atoms with Crippen LogP contribution in [0.25, 0.3) is 16.7 Å². The zero-order valence-corrected chi connectivity index (χ0v) is 18.1. The third kappa shape index (κ3) is 5.33. The number of anilines is 2. The summed E-state index contributed by atoms with van der Waals surface area (Å²) < 4.78 is 0. The quantitative estimate of drug-likeness (QED) is 0.262. The number of nitrogens with zero attached hydrogens (tertiary/aromatic N) is 1. The molecule has 0 aromatic heterocycles. The van der Waals surface area contributed by atoms with E-state index in [1.165, 1.54) is 22.4 Å². The van der Waals surface area contributed by atoms with Gasteiger partial charge in [-0.3, -0.25) is 0 Å². The molecule has 0 aliphatic rings. The van der Waals surface area contributed by atoms with Crippen LogP contribution in [0.1, 0.15) is 5.56 Å². The molecule has 32 heavy (non-hydrogen) atoms. The zero-order chi connectivity index (χ0) is 22.0. The van der Waals surface area contributed by atoms with Gasteiger partial charge < -0.3 is 4.90 Å². The first-order chi connectivity index (χ1) is 15.8. The molecule has 0 radical (unpaired) electrons. The molecule has 156 valence electrons. The maximum atomic E-state index is 3.88. The molecule has 4 aromatic carbocycles. The van der Waals surface area contributed by atoms with Crippen molar-refractivity contribution in [2.75, 3.05) is 11.4 Å². The van der Waals surface area contributed by atoms with Crippen LogP contribution in [0.2, 0.25) is 0 Å². The molecule has 0 atom stereocenters. The first kappa shape index (κ1) is 21.1. The van der Waals surface area contributed by atoms with Crippen molar-refractivity contribution in [2.45, 2.75) is 0 Å². The Kier molecular flexibility index (Phi) is 7.13. The predicted molar refractivity (Wildman–Crippen MR) is 139 cm³/mol. The summed E-state index contributed by atoms with van der Waals surface area (Å²) in [6, 6.07) is 40.2. The summed E-state index contributed by atoms with van der Waals surface area (Å²) >= 11 is 0. The van der Waals surface area contributed by atoms with E-state index < -0.39 is 0 Å². The lowest BCUT2D eigenvalue weighted by molar-refractivity contribution is 1.10. The molecule has 0 amide bonds. The SMILES string of the molecule is C=C/C=C(\C=C/CN(c1ccccc1)c1ccc(-c2ccccc2)cc1)c1ccccc1. The van der Waals surface area contributed by atoms with Crippen LogP contribution in [-0.2, 0) is 0 Å². The van der Waals surface area contributed by atoms with Crippen molar-refractivity contribution in [2.24, 2.45) is 0 Å². The highest BCUT2D eigenvalue weighted by Crippen LogP contribution is 2.28. The molecular weight excluding hydrogens is 386 g/mol. The normalized spacial score (nSPS) is 11.4. The van der Waals surface area contributed by atoms with Gasteiger partial charge in [-0.2, -0.15) is 0 Å². The molecule has 0 saturated heterocycles. The Balaban J connectivity index is 1.60. The molecule has 0 N–H and O–H groups in total. The van der Waals surface area contributed by atoms with Gasteiger partial charge in [0.05, 0.1) is 0 Å². The van der Waals surface area contributed by atoms with Crippen molar-refractivity contribution in [3.05, 3.63) is 152 Å². The minimum atomic E-state index is 0.760. The van der Waals surface area contributed by atoms with E-state index in [0.717, 1.165) is 17.8 Å². The lowest BCUT2D eigenvalue weighted by atomic mass is 10.0. The number of benzene rings is 4. The van der Waals surface area contributed by atoms with Crippen molar-refractivity contribution in [1.29, 1.82) is 0 Å². The highest BCUT2D eigenvalue weighted by molar-refractivity contribution is 5.75. The summed E-state index contributed by atoms with van der Waals surface area (Å²) in [5.41, 5.74) is 7.11. The van der Waals surface area contributed by atoms with Gasteiger partial charge >= 0.3 is 0 Å². The Bertz CT molecular complexity index is 1170. The molecule has 0 saturated carbocycles. The first-order valence-corrected chi connectivity index (χ1v) is 10.9. The van der Waals surface area contributed by atoms with Gasteiger partial charge in [0.1, 0.15) is 0 Å². The molecular formula is C31H27N. The van der Waals surface area contributed by atoms with Gasteiger partial charge in [0.2, 0.25) is 0 Å². The van der Waals surface area contributed by atoms with E-state index in [2.05, 4.69) is 127 Å². The topological polar surface area (TPSA) is 3.24 Å². The van der Waals surface area contributed by atoms with Crippen molar-refractivity contribution in [1.82, 2.24) is 0 Å². The van der Waals surface area contributed by atoms with E-state index in [9.17, 15) is 0 Å². The van der Waals surface area contributed by atoms with Crippen LogP contribution in [0, 0.1) is 0 Å². The second-order valence-electron chi connectivity index (χ2n) is 7.49. The van der Waals surface area contributed by atoms with Gasteiger partial charge in [0.25, 0.3) is 0 Å². The number of allylic oxidation sites excluding steroid dienone is 4. The Labute approximate surface area is 191 Å². The van der Waals surface area contributed by atoms with Gasteiger partial charge in [-0.05, 0) is 46.5 Å². The van der Waals surface area contributed by atoms with Crippen LogP contribution >= 0.6 is 0 Å². The van der Waals surface area contributed by atoms with Crippen molar-refractivity contribution >= 4 is 16.9 Å².